The first-order valence-electron chi connectivity index (χ1n) is 6.94. The van der Waals surface area contributed by atoms with Crippen LogP contribution in [-0.2, 0) is 11.4 Å². The zero-order valence-electron chi connectivity index (χ0n) is 13.0. The van der Waals surface area contributed by atoms with Crippen molar-refractivity contribution in [2.75, 3.05) is 7.11 Å². The molecular weight excluding hydrogens is 276 g/mol. The van der Waals surface area contributed by atoms with Crippen molar-refractivity contribution in [3.8, 4) is 11.8 Å². The highest BCUT2D eigenvalue weighted by molar-refractivity contribution is 6.12. The Morgan fingerprint density at radius 1 is 1.14 bits per heavy atom. The smallest absolute Gasteiger partial charge is 0.187 e. The van der Waals surface area contributed by atoms with Crippen LogP contribution in [0.2, 0.25) is 0 Å². The molecule has 0 N–H and O–H groups in total. The van der Waals surface area contributed by atoms with E-state index in [-0.39, 0.29) is 5.71 Å². The molecule has 2 aromatic rings. The summed E-state index contributed by atoms with van der Waals surface area (Å²) in [6.45, 7) is 4.43. The van der Waals surface area contributed by atoms with Gasteiger partial charge in [0.1, 0.15) is 25.5 Å². The number of benzene rings is 2. The Kier molecular flexibility index (Phi) is 5.16. The first kappa shape index (κ1) is 15.6. The van der Waals surface area contributed by atoms with Gasteiger partial charge in [-0.3, -0.25) is 0 Å². The van der Waals surface area contributed by atoms with E-state index < -0.39 is 0 Å². The van der Waals surface area contributed by atoms with Crippen molar-refractivity contribution in [2.45, 2.75) is 20.5 Å². The van der Waals surface area contributed by atoms with Crippen LogP contribution >= 0.6 is 0 Å². The van der Waals surface area contributed by atoms with Crippen molar-refractivity contribution in [2.24, 2.45) is 5.16 Å². The van der Waals surface area contributed by atoms with E-state index in [9.17, 15) is 5.26 Å². The maximum absolute atomic E-state index is 9.19. The van der Waals surface area contributed by atoms with Crippen LogP contribution in [0.4, 0.5) is 0 Å². The van der Waals surface area contributed by atoms with Gasteiger partial charge in [0.15, 0.2) is 5.71 Å². The first-order valence-corrected chi connectivity index (χ1v) is 6.94. The van der Waals surface area contributed by atoms with E-state index in [4.69, 9.17) is 9.57 Å². The second kappa shape index (κ2) is 7.28. The number of aryl methyl sites for hydroxylation is 2. The molecule has 0 unspecified atom stereocenters. The number of ether oxygens (including phenoxy) is 1. The second-order valence-corrected chi connectivity index (χ2v) is 5.00. The summed E-state index contributed by atoms with van der Waals surface area (Å²) in [6, 6.07) is 15.6. The Bertz CT molecular complexity index is 710. The van der Waals surface area contributed by atoms with Crippen molar-refractivity contribution in [3.63, 3.8) is 0 Å². The van der Waals surface area contributed by atoms with Gasteiger partial charge in [0, 0.05) is 5.56 Å². The highest BCUT2D eigenvalue weighted by atomic mass is 16.6. The average molecular weight is 294 g/mol. The Labute approximate surface area is 130 Å². The zero-order valence-corrected chi connectivity index (χ0v) is 13.0. The Balaban J connectivity index is 2.23. The molecule has 0 saturated carbocycles. The molecule has 0 aliphatic rings. The van der Waals surface area contributed by atoms with E-state index in [0.717, 1.165) is 28.0 Å². The fraction of sp³-hybridized carbons (Fsp3) is 0.222. The number of hydrogen-bond donors (Lipinski definition) is 0. The predicted octanol–water partition coefficient (Wildman–Crippen LogP) is 3.76. The van der Waals surface area contributed by atoms with Gasteiger partial charge in [-0.15, -0.1) is 0 Å². The Morgan fingerprint density at radius 2 is 1.82 bits per heavy atom. The van der Waals surface area contributed by atoms with Crippen molar-refractivity contribution in [3.05, 3.63) is 64.7 Å². The largest absolute Gasteiger partial charge is 0.489 e. The number of hydrogen-bond acceptors (Lipinski definition) is 4. The normalized spacial score (nSPS) is 10.9. The molecule has 0 aliphatic carbocycles. The maximum Gasteiger partial charge on any atom is 0.187 e. The van der Waals surface area contributed by atoms with Gasteiger partial charge >= 0.3 is 0 Å². The van der Waals surface area contributed by atoms with Gasteiger partial charge in [-0.25, -0.2) is 0 Å². The number of oxime groups is 1. The van der Waals surface area contributed by atoms with Crippen molar-refractivity contribution in [1.82, 2.24) is 0 Å². The summed E-state index contributed by atoms with van der Waals surface area (Å²) >= 11 is 0. The summed E-state index contributed by atoms with van der Waals surface area (Å²) in [5, 5.41) is 12.9. The third-order valence-electron chi connectivity index (χ3n) is 3.15. The van der Waals surface area contributed by atoms with Crippen LogP contribution in [0.3, 0.4) is 0 Å². The summed E-state index contributed by atoms with van der Waals surface area (Å²) < 4.78 is 5.86. The lowest BCUT2D eigenvalue weighted by molar-refractivity contribution is 0.214. The molecule has 22 heavy (non-hydrogen) atoms. The standard InChI is InChI=1S/C18H18N2O2/c1-13-8-14(2)10-16(9-13)22-12-15-6-4-5-7-17(15)18(11-19)20-21-3/h4-10H,12H2,1-3H3/b20-18-. The van der Waals surface area contributed by atoms with Crippen LogP contribution in [0, 0.1) is 25.2 Å². The zero-order chi connectivity index (χ0) is 15.9. The topological polar surface area (TPSA) is 54.6 Å². The molecule has 0 bridgehead atoms. The lowest BCUT2D eigenvalue weighted by atomic mass is 10.0. The van der Waals surface area contributed by atoms with Crippen LogP contribution in [0.15, 0.2) is 47.6 Å². The van der Waals surface area contributed by atoms with E-state index in [1.165, 1.54) is 7.11 Å². The lowest BCUT2D eigenvalue weighted by Gasteiger charge is -2.11. The first-order chi connectivity index (χ1) is 10.6. The lowest BCUT2D eigenvalue weighted by Crippen LogP contribution is -2.06. The Hall–Kier alpha value is -2.80. The number of nitrogens with zero attached hydrogens (tertiary/aromatic N) is 2. The van der Waals surface area contributed by atoms with Crippen LogP contribution in [0.5, 0.6) is 5.75 Å². The molecule has 0 aliphatic heterocycles. The van der Waals surface area contributed by atoms with Gasteiger partial charge in [0.25, 0.3) is 0 Å². The molecule has 4 heteroatoms. The minimum Gasteiger partial charge on any atom is -0.489 e. The highest BCUT2D eigenvalue weighted by Crippen LogP contribution is 2.19. The van der Waals surface area contributed by atoms with Gasteiger partial charge in [-0.1, -0.05) is 35.5 Å². The van der Waals surface area contributed by atoms with E-state index >= 15 is 0 Å². The van der Waals surface area contributed by atoms with Crippen LogP contribution in [0.25, 0.3) is 0 Å². The fourth-order valence-corrected chi connectivity index (χ4v) is 2.28. The number of nitriles is 1. The summed E-state index contributed by atoms with van der Waals surface area (Å²) in [6.07, 6.45) is 0. The molecule has 0 radical (unpaired) electrons. The van der Waals surface area contributed by atoms with E-state index in [1.807, 2.05) is 56.3 Å². The summed E-state index contributed by atoms with van der Waals surface area (Å²) in [4.78, 5) is 4.72. The molecular formula is C18H18N2O2. The third kappa shape index (κ3) is 3.86. The van der Waals surface area contributed by atoms with E-state index in [2.05, 4.69) is 11.2 Å². The van der Waals surface area contributed by atoms with Crippen molar-refractivity contribution in [1.29, 1.82) is 5.26 Å². The molecule has 112 valence electrons. The summed E-state index contributed by atoms with van der Waals surface area (Å²) in [5.41, 5.74) is 4.15. The molecule has 0 atom stereocenters. The van der Waals surface area contributed by atoms with Crippen molar-refractivity contribution >= 4 is 5.71 Å². The minimum atomic E-state index is 0.238. The third-order valence-corrected chi connectivity index (χ3v) is 3.15. The highest BCUT2D eigenvalue weighted by Gasteiger charge is 2.10. The second-order valence-electron chi connectivity index (χ2n) is 5.00. The van der Waals surface area contributed by atoms with Gasteiger partial charge in [0.2, 0.25) is 0 Å². The minimum absolute atomic E-state index is 0.238. The molecule has 2 rings (SSSR count). The fourth-order valence-electron chi connectivity index (χ4n) is 2.28. The van der Waals surface area contributed by atoms with Gasteiger partial charge in [-0.2, -0.15) is 5.26 Å². The summed E-state index contributed by atoms with van der Waals surface area (Å²) in [7, 11) is 1.42. The van der Waals surface area contributed by atoms with Crippen LogP contribution in [-0.4, -0.2) is 12.8 Å². The van der Waals surface area contributed by atoms with E-state index in [1.54, 1.807) is 0 Å². The summed E-state index contributed by atoms with van der Waals surface area (Å²) in [5.74, 6) is 0.814. The number of rotatable bonds is 5. The van der Waals surface area contributed by atoms with Crippen LogP contribution in [0.1, 0.15) is 22.3 Å². The molecule has 0 fully saturated rings. The van der Waals surface area contributed by atoms with Gasteiger partial charge in [-0.05, 0) is 42.7 Å². The quantitative estimate of drug-likeness (QED) is 0.623. The van der Waals surface area contributed by atoms with E-state index in [0.29, 0.717) is 6.61 Å². The molecule has 0 spiro atoms. The molecule has 4 nitrogen and oxygen atoms in total. The monoisotopic (exact) mass is 294 g/mol. The maximum atomic E-state index is 9.19. The SMILES string of the molecule is CO/N=C(/C#N)c1ccccc1COc1cc(C)cc(C)c1. The molecule has 2 aromatic carbocycles. The van der Waals surface area contributed by atoms with Crippen LogP contribution < -0.4 is 4.74 Å². The Morgan fingerprint density at radius 3 is 2.45 bits per heavy atom. The van der Waals surface area contributed by atoms with Crippen molar-refractivity contribution < 1.29 is 9.57 Å². The van der Waals surface area contributed by atoms with Gasteiger partial charge < -0.3 is 9.57 Å². The molecule has 0 amide bonds. The predicted molar refractivity (Wildman–Crippen MR) is 85.8 cm³/mol. The molecule has 0 heterocycles. The molecule has 0 saturated heterocycles. The average Bonchev–Trinajstić information content (AvgIpc) is 2.50. The van der Waals surface area contributed by atoms with Gasteiger partial charge in [0.05, 0.1) is 0 Å². The molecule has 0 aromatic heterocycles.